The first-order valence-electron chi connectivity index (χ1n) is 8.75. The summed E-state index contributed by atoms with van der Waals surface area (Å²) >= 11 is 0. The van der Waals surface area contributed by atoms with Gasteiger partial charge in [-0.05, 0) is 11.1 Å². The molecule has 2 N–H and O–H groups in total. The van der Waals surface area contributed by atoms with Crippen LogP contribution in [-0.2, 0) is 14.3 Å². The van der Waals surface area contributed by atoms with E-state index in [2.05, 4.69) is 0 Å². The van der Waals surface area contributed by atoms with Gasteiger partial charge in [-0.2, -0.15) is 0 Å². The number of hydrogen-bond donors (Lipinski definition) is 2. The van der Waals surface area contributed by atoms with Crippen molar-refractivity contribution < 1.29 is 24.5 Å². The molecule has 1 fully saturated rings. The van der Waals surface area contributed by atoms with Gasteiger partial charge in [0.15, 0.2) is 0 Å². The monoisotopic (exact) mass is 354 g/mol. The zero-order valence-corrected chi connectivity index (χ0v) is 14.3. The molecule has 26 heavy (non-hydrogen) atoms. The molecule has 3 rings (SSSR count). The molecule has 0 aromatic heterocycles. The molecule has 1 aliphatic rings. The Hall–Kier alpha value is -2.66. The van der Waals surface area contributed by atoms with Crippen LogP contribution in [0.3, 0.4) is 0 Å². The third-order valence-corrected chi connectivity index (χ3v) is 5.02. The van der Waals surface area contributed by atoms with Gasteiger partial charge in [0, 0.05) is 24.9 Å². The molecule has 1 saturated carbocycles. The van der Waals surface area contributed by atoms with Crippen LogP contribution in [0.5, 0.6) is 0 Å². The predicted molar refractivity (Wildman–Crippen MR) is 95.6 cm³/mol. The molecular formula is C21H22O5. The van der Waals surface area contributed by atoms with E-state index in [0.29, 0.717) is 6.42 Å². The van der Waals surface area contributed by atoms with Crippen LogP contribution in [0.4, 0.5) is 0 Å². The highest BCUT2D eigenvalue weighted by Crippen LogP contribution is 2.57. The van der Waals surface area contributed by atoms with Gasteiger partial charge in [0.2, 0.25) is 0 Å². The number of benzene rings is 2. The molecule has 2 aromatic carbocycles. The van der Waals surface area contributed by atoms with Crippen molar-refractivity contribution in [3.8, 4) is 0 Å². The first kappa shape index (κ1) is 18.1. The fourth-order valence-electron chi connectivity index (χ4n) is 3.86. The van der Waals surface area contributed by atoms with Crippen molar-refractivity contribution in [3.05, 3.63) is 71.8 Å². The lowest BCUT2D eigenvalue weighted by molar-refractivity contribution is -0.164. The summed E-state index contributed by atoms with van der Waals surface area (Å²) in [5, 5.41) is 18.7. The van der Waals surface area contributed by atoms with Crippen molar-refractivity contribution in [3.63, 3.8) is 0 Å². The largest absolute Gasteiger partial charge is 0.481 e. The van der Waals surface area contributed by atoms with Crippen LogP contribution in [-0.4, -0.2) is 35.4 Å². The van der Waals surface area contributed by atoms with Crippen LogP contribution in [0.25, 0.3) is 0 Å². The van der Waals surface area contributed by atoms with Crippen molar-refractivity contribution in [1.29, 1.82) is 0 Å². The molecule has 0 saturated heterocycles. The highest BCUT2D eigenvalue weighted by atomic mass is 16.5. The summed E-state index contributed by atoms with van der Waals surface area (Å²) in [6.07, 6.45) is 0.368. The molecule has 0 heterocycles. The van der Waals surface area contributed by atoms with Crippen LogP contribution in [0.2, 0.25) is 0 Å². The van der Waals surface area contributed by atoms with E-state index < -0.39 is 35.6 Å². The first-order valence-corrected chi connectivity index (χ1v) is 8.75. The topological polar surface area (TPSA) is 83.8 Å². The molecule has 5 nitrogen and oxygen atoms in total. The van der Waals surface area contributed by atoms with E-state index in [4.69, 9.17) is 9.84 Å². The number of carbonyl (C=O) groups is 2. The maximum Gasteiger partial charge on any atom is 0.310 e. The van der Waals surface area contributed by atoms with Crippen LogP contribution >= 0.6 is 0 Å². The summed E-state index contributed by atoms with van der Waals surface area (Å²) in [5.74, 6) is -3.42. The molecule has 5 heteroatoms. The number of carbonyl (C=O) groups excluding carboxylic acids is 1. The second-order valence-corrected chi connectivity index (χ2v) is 6.51. The molecule has 1 aliphatic carbocycles. The van der Waals surface area contributed by atoms with Crippen LogP contribution in [0.1, 0.15) is 29.4 Å². The van der Waals surface area contributed by atoms with E-state index in [1.165, 1.54) is 0 Å². The summed E-state index contributed by atoms with van der Waals surface area (Å²) in [5.41, 5.74) is 1.66. The second-order valence-electron chi connectivity index (χ2n) is 6.51. The van der Waals surface area contributed by atoms with Gasteiger partial charge in [0.25, 0.3) is 0 Å². The number of rotatable bonds is 7. The zero-order chi connectivity index (χ0) is 18.5. The number of hydrogen-bond acceptors (Lipinski definition) is 4. The Labute approximate surface area is 152 Å². The highest BCUT2D eigenvalue weighted by Gasteiger charge is 2.59. The minimum atomic E-state index is -0.910. The van der Waals surface area contributed by atoms with E-state index in [-0.39, 0.29) is 13.2 Å². The second kappa shape index (κ2) is 8.15. The van der Waals surface area contributed by atoms with Crippen LogP contribution in [0.15, 0.2) is 60.7 Å². The summed E-state index contributed by atoms with van der Waals surface area (Å²) in [4.78, 5) is 24.7. The summed E-state index contributed by atoms with van der Waals surface area (Å²) in [7, 11) is 0. The maximum atomic E-state index is 12.7. The minimum Gasteiger partial charge on any atom is -0.481 e. The Morgan fingerprint density at radius 2 is 1.35 bits per heavy atom. The molecule has 2 unspecified atom stereocenters. The molecule has 136 valence electrons. The SMILES string of the molecule is O=C(O)C1C(c2ccccc2)C(C(=O)OCCCO)C1c1ccccc1. The predicted octanol–water partition coefficient (Wildman–Crippen LogP) is 2.81. The summed E-state index contributed by atoms with van der Waals surface area (Å²) in [6.45, 7) is 0.0759. The minimum absolute atomic E-state index is 0.0556. The van der Waals surface area contributed by atoms with Gasteiger partial charge in [-0.25, -0.2) is 0 Å². The van der Waals surface area contributed by atoms with Gasteiger partial charge in [-0.15, -0.1) is 0 Å². The number of carboxylic acid groups (broad SMARTS) is 1. The van der Waals surface area contributed by atoms with E-state index in [0.717, 1.165) is 11.1 Å². The number of esters is 1. The quantitative estimate of drug-likeness (QED) is 0.590. The van der Waals surface area contributed by atoms with Crippen molar-refractivity contribution >= 4 is 11.9 Å². The number of carboxylic acids is 1. The first-order chi connectivity index (χ1) is 12.6. The number of aliphatic hydroxyl groups is 1. The zero-order valence-electron chi connectivity index (χ0n) is 14.3. The van der Waals surface area contributed by atoms with Gasteiger partial charge in [-0.3, -0.25) is 9.59 Å². The third-order valence-electron chi connectivity index (χ3n) is 5.02. The Kier molecular flexibility index (Phi) is 5.68. The normalized spacial score (nSPS) is 24.5. The van der Waals surface area contributed by atoms with Gasteiger partial charge >= 0.3 is 11.9 Å². The van der Waals surface area contributed by atoms with Crippen LogP contribution < -0.4 is 0 Å². The fourth-order valence-corrected chi connectivity index (χ4v) is 3.86. The molecule has 0 amide bonds. The van der Waals surface area contributed by atoms with Gasteiger partial charge < -0.3 is 14.9 Å². The van der Waals surface area contributed by atoms with Crippen molar-refractivity contribution in [2.24, 2.45) is 11.8 Å². The lowest BCUT2D eigenvalue weighted by Crippen LogP contribution is -2.51. The summed E-state index contributed by atoms with van der Waals surface area (Å²) in [6, 6.07) is 18.5. The van der Waals surface area contributed by atoms with E-state index >= 15 is 0 Å². The third kappa shape index (κ3) is 3.48. The fraction of sp³-hybridized carbons (Fsp3) is 0.333. The van der Waals surface area contributed by atoms with Gasteiger partial charge in [0.1, 0.15) is 0 Å². The molecule has 2 aromatic rings. The Balaban J connectivity index is 1.95. The van der Waals surface area contributed by atoms with Gasteiger partial charge in [-0.1, -0.05) is 60.7 Å². The van der Waals surface area contributed by atoms with Crippen LogP contribution in [0, 0.1) is 11.8 Å². The van der Waals surface area contributed by atoms with E-state index in [1.54, 1.807) is 0 Å². The number of aliphatic carboxylic acids is 1. The lowest BCUT2D eigenvalue weighted by atomic mass is 9.52. The molecule has 0 spiro atoms. The van der Waals surface area contributed by atoms with E-state index in [9.17, 15) is 14.7 Å². The van der Waals surface area contributed by atoms with Gasteiger partial charge in [0.05, 0.1) is 18.4 Å². The Bertz CT molecular complexity index is 696. The molecule has 0 bridgehead atoms. The standard InChI is InChI=1S/C21H22O5/c22-12-7-13-26-21(25)19-16(14-8-3-1-4-9-14)18(20(23)24)17(19)15-10-5-2-6-11-15/h1-6,8-11,16-19,22H,7,12-13H2,(H,23,24). The smallest absolute Gasteiger partial charge is 0.310 e. The molecule has 0 aliphatic heterocycles. The highest BCUT2D eigenvalue weighted by molar-refractivity contribution is 5.84. The summed E-state index contributed by atoms with van der Waals surface area (Å²) < 4.78 is 5.33. The average molecular weight is 354 g/mol. The van der Waals surface area contributed by atoms with E-state index in [1.807, 2.05) is 60.7 Å². The Morgan fingerprint density at radius 1 is 0.846 bits per heavy atom. The lowest BCUT2D eigenvalue weighted by Gasteiger charge is -2.49. The average Bonchev–Trinajstić information content (AvgIpc) is 2.62. The molecule has 2 atom stereocenters. The number of aliphatic hydroxyl groups excluding tert-OH is 1. The Morgan fingerprint density at radius 3 is 1.77 bits per heavy atom. The van der Waals surface area contributed by atoms with Crippen molar-refractivity contribution in [2.75, 3.05) is 13.2 Å². The molecular weight excluding hydrogens is 332 g/mol. The van der Waals surface area contributed by atoms with Crippen molar-refractivity contribution in [1.82, 2.24) is 0 Å². The molecule has 0 radical (unpaired) electrons. The number of ether oxygens (including phenoxy) is 1. The maximum absolute atomic E-state index is 12.7. The van der Waals surface area contributed by atoms with Crippen molar-refractivity contribution in [2.45, 2.75) is 18.3 Å².